The van der Waals surface area contributed by atoms with E-state index in [1.807, 2.05) is 23.6 Å². The van der Waals surface area contributed by atoms with Gasteiger partial charge in [-0.3, -0.25) is 4.98 Å². The normalized spacial score (nSPS) is 14.1. The summed E-state index contributed by atoms with van der Waals surface area (Å²) in [5, 5.41) is 9.95. The van der Waals surface area contributed by atoms with Crippen LogP contribution in [0.2, 0.25) is 25.7 Å². The number of carbonyl (C=O) groups is 1. The van der Waals surface area contributed by atoms with Crippen LogP contribution in [0.1, 0.15) is 34.5 Å². The van der Waals surface area contributed by atoms with Crippen molar-refractivity contribution >= 4 is 25.1 Å². The predicted molar refractivity (Wildman–Crippen MR) is 134 cm³/mol. The molecule has 176 valence electrons. The predicted octanol–water partition coefficient (Wildman–Crippen LogP) is 6.12. The molecule has 0 amide bonds. The summed E-state index contributed by atoms with van der Waals surface area (Å²) in [7, 11) is -1.22. The minimum Gasteiger partial charge on any atom is -0.493 e. The number of benzene rings is 1. The van der Waals surface area contributed by atoms with E-state index in [-0.39, 0.29) is 5.56 Å². The molecule has 0 unspecified atom stereocenters. The highest BCUT2D eigenvalue weighted by atomic mass is 28.3. The number of carboxylic acids is 1. The molecule has 0 saturated heterocycles. The molecule has 2 heterocycles. The van der Waals surface area contributed by atoms with Gasteiger partial charge in [0.25, 0.3) is 0 Å². The Bertz CT molecular complexity index is 1180. The first kappa shape index (κ1) is 23.5. The van der Waals surface area contributed by atoms with Crippen LogP contribution in [0.25, 0.3) is 22.2 Å². The lowest BCUT2D eigenvalue weighted by molar-refractivity contribution is 0.0694. The lowest BCUT2D eigenvalue weighted by atomic mass is 10.0. The number of rotatable bonds is 10. The van der Waals surface area contributed by atoms with E-state index >= 15 is 0 Å². The molecule has 6 nitrogen and oxygen atoms in total. The van der Waals surface area contributed by atoms with Gasteiger partial charge in [-0.1, -0.05) is 31.3 Å². The van der Waals surface area contributed by atoms with Gasteiger partial charge < -0.3 is 19.1 Å². The molecule has 1 saturated carbocycles. The summed E-state index contributed by atoms with van der Waals surface area (Å²) in [4.78, 5) is 16.6. The highest BCUT2D eigenvalue weighted by molar-refractivity contribution is 6.76. The molecule has 33 heavy (non-hydrogen) atoms. The number of fused-ring (bicyclic) bond motifs is 1. The number of pyridine rings is 1. The van der Waals surface area contributed by atoms with Crippen molar-refractivity contribution in [1.29, 1.82) is 0 Å². The fourth-order valence-electron chi connectivity index (χ4n) is 4.03. The van der Waals surface area contributed by atoms with Crippen molar-refractivity contribution in [2.24, 2.45) is 5.92 Å². The smallest absolute Gasteiger partial charge is 0.339 e. The average molecular weight is 467 g/mol. The van der Waals surface area contributed by atoms with E-state index in [0.717, 1.165) is 34.0 Å². The van der Waals surface area contributed by atoms with Crippen LogP contribution in [-0.2, 0) is 11.5 Å². The van der Waals surface area contributed by atoms with Gasteiger partial charge >= 0.3 is 5.97 Å². The Morgan fingerprint density at radius 3 is 2.61 bits per heavy atom. The monoisotopic (exact) mass is 466 g/mol. The van der Waals surface area contributed by atoms with Crippen molar-refractivity contribution in [2.75, 3.05) is 13.2 Å². The molecule has 4 rings (SSSR count). The Morgan fingerprint density at radius 2 is 1.94 bits per heavy atom. The summed E-state index contributed by atoms with van der Waals surface area (Å²) >= 11 is 0. The Balaban J connectivity index is 1.80. The molecule has 0 radical (unpaired) electrons. The molecule has 0 spiro atoms. The van der Waals surface area contributed by atoms with Gasteiger partial charge in [-0.15, -0.1) is 0 Å². The van der Waals surface area contributed by atoms with Crippen molar-refractivity contribution in [1.82, 2.24) is 9.55 Å². The molecule has 0 atom stereocenters. The van der Waals surface area contributed by atoms with E-state index < -0.39 is 14.0 Å². The van der Waals surface area contributed by atoms with Crippen molar-refractivity contribution in [2.45, 2.75) is 59.1 Å². The molecular weight excluding hydrogens is 432 g/mol. The van der Waals surface area contributed by atoms with Crippen LogP contribution in [0.3, 0.4) is 0 Å². The first-order chi connectivity index (χ1) is 15.7. The maximum atomic E-state index is 12.2. The molecule has 0 aliphatic heterocycles. The van der Waals surface area contributed by atoms with E-state index in [4.69, 9.17) is 9.47 Å². The van der Waals surface area contributed by atoms with Crippen molar-refractivity contribution in [3.8, 4) is 16.9 Å². The van der Waals surface area contributed by atoms with Gasteiger partial charge in [-0.05, 0) is 56.9 Å². The lowest BCUT2D eigenvalue weighted by Crippen LogP contribution is -2.22. The zero-order chi connectivity index (χ0) is 23.8. The van der Waals surface area contributed by atoms with Gasteiger partial charge in [0.1, 0.15) is 23.6 Å². The summed E-state index contributed by atoms with van der Waals surface area (Å²) in [5.74, 6) is 0.487. The number of nitrogens with zero attached hydrogens (tertiary/aromatic N) is 2. The van der Waals surface area contributed by atoms with E-state index in [2.05, 4.69) is 43.7 Å². The van der Waals surface area contributed by atoms with Crippen molar-refractivity contribution < 1.29 is 19.4 Å². The SMILES string of the molecule is Cc1ccc(OCC2CC2)c(-c2ccnc3c(C(=O)O)c(C)n(COCC[Si](C)(C)C)c23)c1. The molecule has 7 heteroatoms. The average Bonchev–Trinajstić information content (AvgIpc) is 3.52. The fraction of sp³-hybridized carbons (Fsp3) is 0.462. The van der Waals surface area contributed by atoms with Crippen LogP contribution in [0.15, 0.2) is 30.5 Å². The van der Waals surface area contributed by atoms with E-state index in [1.165, 1.54) is 12.8 Å². The molecule has 1 aromatic carbocycles. The van der Waals surface area contributed by atoms with Gasteiger partial charge in [0.05, 0.1) is 12.1 Å². The van der Waals surface area contributed by atoms with E-state index in [9.17, 15) is 9.90 Å². The van der Waals surface area contributed by atoms with Gasteiger partial charge in [-0.2, -0.15) is 0 Å². The lowest BCUT2D eigenvalue weighted by Gasteiger charge is -2.18. The van der Waals surface area contributed by atoms with Crippen LogP contribution in [-0.4, -0.2) is 41.9 Å². The Kier molecular flexibility index (Phi) is 6.63. The highest BCUT2D eigenvalue weighted by Crippen LogP contribution is 2.39. The molecule has 3 aromatic rings. The van der Waals surface area contributed by atoms with Crippen molar-refractivity contribution in [3.63, 3.8) is 0 Å². The molecule has 2 aromatic heterocycles. The summed E-state index contributed by atoms with van der Waals surface area (Å²) in [6.07, 6.45) is 4.13. The van der Waals surface area contributed by atoms with Crippen LogP contribution in [0, 0.1) is 19.8 Å². The highest BCUT2D eigenvalue weighted by Gasteiger charge is 2.26. The third kappa shape index (κ3) is 5.30. The van der Waals surface area contributed by atoms with Crippen LogP contribution < -0.4 is 4.74 Å². The number of aromatic carboxylic acids is 1. The summed E-state index contributed by atoms with van der Waals surface area (Å²) in [6.45, 7) is 12.5. The zero-order valence-corrected chi connectivity index (χ0v) is 21.3. The minimum absolute atomic E-state index is 0.230. The van der Waals surface area contributed by atoms with E-state index in [0.29, 0.717) is 37.1 Å². The zero-order valence-electron chi connectivity index (χ0n) is 20.3. The van der Waals surface area contributed by atoms with Gasteiger partial charge in [0.2, 0.25) is 0 Å². The Labute approximate surface area is 196 Å². The molecule has 1 fully saturated rings. The quantitative estimate of drug-likeness (QED) is 0.288. The number of hydrogen-bond acceptors (Lipinski definition) is 4. The summed E-state index contributed by atoms with van der Waals surface area (Å²) in [5.41, 5.74) is 5.14. The first-order valence-corrected chi connectivity index (χ1v) is 15.4. The standard InChI is InChI=1S/C26H34N2O4Si/c1-17-6-9-22(32-15-19-7-8-19)21(14-17)20-10-11-27-24-23(26(29)30)18(2)28(25(20)24)16-31-12-13-33(3,4)5/h6,9-11,14,19H,7-8,12-13,15-16H2,1-5H3,(H,29,30). The summed E-state index contributed by atoms with van der Waals surface area (Å²) < 4.78 is 14.2. The fourth-order valence-corrected chi connectivity index (χ4v) is 4.78. The number of aromatic nitrogens is 2. The van der Waals surface area contributed by atoms with Gasteiger partial charge in [0.15, 0.2) is 0 Å². The van der Waals surface area contributed by atoms with Crippen LogP contribution in [0.5, 0.6) is 5.75 Å². The number of carboxylic acid groups (broad SMARTS) is 1. The largest absolute Gasteiger partial charge is 0.493 e. The number of aryl methyl sites for hydroxylation is 1. The van der Waals surface area contributed by atoms with E-state index in [1.54, 1.807) is 6.20 Å². The second kappa shape index (κ2) is 9.31. The number of ether oxygens (including phenoxy) is 2. The van der Waals surface area contributed by atoms with Crippen LogP contribution >= 0.6 is 0 Å². The second-order valence-corrected chi connectivity index (χ2v) is 16.0. The Morgan fingerprint density at radius 1 is 1.18 bits per heavy atom. The Hall–Kier alpha value is -2.64. The van der Waals surface area contributed by atoms with Crippen LogP contribution in [0.4, 0.5) is 0 Å². The second-order valence-electron chi connectivity index (χ2n) is 10.4. The third-order valence-electron chi connectivity index (χ3n) is 6.23. The molecule has 1 N–H and O–H groups in total. The maximum Gasteiger partial charge on any atom is 0.339 e. The first-order valence-electron chi connectivity index (χ1n) is 11.7. The molecule has 1 aliphatic rings. The van der Waals surface area contributed by atoms with Gasteiger partial charge in [-0.25, -0.2) is 4.79 Å². The van der Waals surface area contributed by atoms with Gasteiger partial charge in [0, 0.05) is 37.7 Å². The third-order valence-corrected chi connectivity index (χ3v) is 7.93. The number of hydrogen-bond donors (Lipinski definition) is 1. The molecule has 0 bridgehead atoms. The van der Waals surface area contributed by atoms with Crippen molar-refractivity contribution in [3.05, 3.63) is 47.3 Å². The summed E-state index contributed by atoms with van der Waals surface area (Å²) in [6, 6.07) is 9.18. The topological polar surface area (TPSA) is 73.6 Å². The molecule has 1 aliphatic carbocycles. The molecular formula is C26H34N2O4Si. The maximum absolute atomic E-state index is 12.2. The minimum atomic E-state index is -1.22.